The van der Waals surface area contributed by atoms with Crippen molar-refractivity contribution in [2.24, 2.45) is 0 Å². The van der Waals surface area contributed by atoms with E-state index >= 15 is 0 Å². The number of thiazole rings is 1. The smallest absolute Gasteiger partial charge is 0.243 e. The summed E-state index contributed by atoms with van der Waals surface area (Å²) in [6.45, 7) is 7.66. The second kappa shape index (κ2) is 7.40. The van der Waals surface area contributed by atoms with E-state index in [9.17, 15) is 4.79 Å². The van der Waals surface area contributed by atoms with E-state index in [1.807, 2.05) is 25.5 Å². The van der Waals surface area contributed by atoms with Gasteiger partial charge >= 0.3 is 0 Å². The molecule has 1 fully saturated rings. The first kappa shape index (κ1) is 17.0. The van der Waals surface area contributed by atoms with Crippen molar-refractivity contribution >= 4 is 22.4 Å². The lowest BCUT2D eigenvalue weighted by atomic mass is 10.00. The highest BCUT2D eigenvalue weighted by molar-refractivity contribution is 7.15. The van der Waals surface area contributed by atoms with E-state index in [1.54, 1.807) is 12.7 Å². The van der Waals surface area contributed by atoms with Gasteiger partial charge in [-0.25, -0.2) is 9.97 Å². The fourth-order valence-electron chi connectivity index (χ4n) is 3.16. The van der Waals surface area contributed by atoms with Gasteiger partial charge in [-0.15, -0.1) is 11.3 Å². The highest BCUT2D eigenvalue weighted by Crippen LogP contribution is 2.24. The molecule has 1 aliphatic heterocycles. The molecule has 0 saturated carbocycles. The van der Waals surface area contributed by atoms with Crippen LogP contribution >= 0.6 is 11.3 Å². The number of hydrogen-bond acceptors (Lipinski definition) is 6. The maximum Gasteiger partial charge on any atom is 0.243 e. The number of amides is 1. The predicted molar refractivity (Wildman–Crippen MR) is 94.0 cm³/mol. The lowest BCUT2D eigenvalue weighted by molar-refractivity contribution is -0.122. The van der Waals surface area contributed by atoms with E-state index in [0.717, 1.165) is 36.5 Å². The molecule has 1 saturated heterocycles. The maximum absolute atomic E-state index is 12.7. The zero-order chi connectivity index (χ0) is 17.1. The number of likely N-dealkylation sites (tertiary alicyclic amines) is 1. The number of anilines is 1. The normalized spacial score (nSPS) is 20.0. The van der Waals surface area contributed by atoms with Crippen LogP contribution in [0, 0.1) is 13.8 Å². The molecule has 0 unspecified atom stereocenters. The molecule has 0 aromatic carbocycles. The average Bonchev–Trinajstić information content (AvgIpc) is 3.17. The minimum Gasteiger partial charge on any atom is -0.301 e. The van der Waals surface area contributed by atoms with Crippen LogP contribution in [0.2, 0.25) is 0 Å². The Balaban J connectivity index is 1.66. The molecule has 0 radical (unpaired) electrons. The SMILES string of the molecule is Cc1nc(NC(=O)[C@H](C)N2CCCC[C@@H]2Cn2cncn2)sc1C. The van der Waals surface area contributed by atoms with Crippen molar-refractivity contribution in [2.75, 3.05) is 11.9 Å². The minimum atomic E-state index is -0.191. The molecule has 3 rings (SSSR count). The number of aromatic nitrogens is 4. The van der Waals surface area contributed by atoms with Gasteiger partial charge in [0.25, 0.3) is 0 Å². The standard InChI is InChI=1S/C16H24N6OS/c1-11-13(3)24-16(19-11)20-15(23)12(2)22-7-5-4-6-14(22)8-21-10-17-9-18-21/h9-10,12,14H,4-8H2,1-3H3,(H,19,20,23)/t12-,14+/m0/s1. The summed E-state index contributed by atoms with van der Waals surface area (Å²) in [4.78, 5) is 24.5. The third-order valence-electron chi connectivity index (χ3n) is 4.67. The van der Waals surface area contributed by atoms with Gasteiger partial charge in [-0.3, -0.25) is 14.4 Å². The first-order valence-corrected chi connectivity index (χ1v) is 9.19. The third kappa shape index (κ3) is 3.81. The molecule has 0 bridgehead atoms. The van der Waals surface area contributed by atoms with Crippen LogP contribution in [0.3, 0.4) is 0 Å². The van der Waals surface area contributed by atoms with E-state index in [2.05, 4.69) is 25.3 Å². The molecular formula is C16H24N6OS. The van der Waals surface area contributed by atoms with Crippen LogP contribution in [0.25, 0.3) is 0 Å². The number of nitrogens with one attached hydrogen (secondary N) is 1. The van der Waals surface area contributed by atoms with Gasteiger partial charge in [-0.05, 0) is 40.2 Å². The molecule has 1 amide bonds. The summed E-state index contributed by atoms with van der Waals surface area (Å²) in [6.07, 6.45) is 6.68. The molecule has 2 aromatic rings. The third-order valence-corrected chi connectivity index (χ3v) is 5.66. The molecule has 130 valence electrons. The molecule has 7 nitrogen and oxygen atoms in total. The van der Waals surface area contributed by atoms with E-state index < -0.39 is 0 Å². The second-order valence-corrected chi connectivity index (χ2v) is 7.53. The van der Waals surface area contributed by atoms with Crippen molar-refractivity contribution in [3.63, 3.8) is 0 Å². The van der Waals surface area contributed by atoms with Crippen molar-refractivity contribution in [3.8, 4) is 0 Å². The number of rotatable bonds is 5. The molecule has 1 aliphatic rings. The van der Waals surface area contributed by atoms with Gasteiger partial charge in [-0.1, -0.05) is 6.42 Å². The van der Waals surface area contributed by atoms with Crippen molar-refractivity contribution < 1.29 is 4.79 Å². The Morgan fingerprint density at radius 2 is 2.29 bits per heavy atom. The van der Waals surface area contributed by atoms with E-state index in [-0.39, 0.29) is 11.9 Å². The van der Waals surface area contributed by atoms with Crippen molar-refractivity contribution in [3.05, 3.63) is 23.2 Å². The lowest BCUT2D eigenvalue weighted by Gasteiger charge is -2.38. The van der Waals surface area contributed by atoms with Crippen molar-refractivity contribution in [1.82, 2.24) is 24.6 Å². The highest BCUT2D eigenvalue weighted by Gasteiger charge is 2.31. The number of carbonyl (C=O) groups is 1. The Morgan fingerprint density at radius 3 is 2.96 bits per heavy atom. The Morgan fingerprint density at radius 1 is 1.46 bits per heavy atom. The van der Waals surface area contributed by atoms with Gasteiger partial charge in [-0.2, -0.15) is 5.10 Å². The first-order valence-electron chi connectivity index (χ1n) is 8.37. The largest absolute Gasteiger partial charge is 0.301 e. The molecule has 3 heterocycles. The fraction of sp³-hybridized carbons (Fsp3) is 0.625. The Labute approximate surface area is 146 Å². The summed E-state index contributed by atoms with van der Waals surface area (Å²) < 4.78 is 1.85. The van der Waals surface area contributed by atoms with E-state index in [1.165, 1.54) is 17.8 Å². The molecule has 1 N–H and O–H groups in total. The molecule has 24 heavy (non-hydrogen) atoms. The van der Waals surface area contributed by atoms with Gasteiger partial charge in [0, 0.05) is 10.9 Å². The van der Waals surface area contributed by atoms with Crippen LogP contribution in [0.1, 0.15) is 36.8 Å². The predicted octanol–water partition coefficient (Wildman–Crippen LogP) is 2.23. The van der Waals surface area contributed by atoms with E-state index in [4.69, 9.17) is 0 Å². The summed E-state index contributed by atoms with van der Waals surface area (Å²) in [5.41, 5.74) is 0.977. The minimum absolute atomic E-state index is 0.00856. The highest BCUT2D eigenvalue weighted by atomic mass is 32.1. The molecule has 8 heteroatoms. The van der Waals surface area contributed by atoms with Crippen LogP contribution in [0.5, 0.6) is 0 Å². The number of hydrogen-bond donors (Lipinski definition) is 1. The van der Waals surface area contributed by atoms with Gasteiger partial charge in [0.1, 0.15) is 12.7 Å². The topological polar surface area (TPSA) is 75.9 Å². The van der Waals surface area contributed by atoms with Crippen molar-refractivity contribution in [2.45, 2.75) is 58.7 Å². The van der Waals surface area contributed by atoms with Gasteiger partial charge < -0.3 is 5.32 Å². The zero-order valence-corrected chi connectivity index (χ0v) is 15.2. The fourth-order valence-corrected chi connectivity index (χ4v) is 3.98. The summed E-state index contributed by atoms with van der Waals surface area (Å²) >= 11 is 1.53. The van der Waals surface area contributed by atoms with E-state index in [0.29, 0.717) is 11.2 Å². The Bertz CT molecular complexity index is 663. The van der Waals surface area contributed by atoms with Crippen LogP contribution in [-0.4, -0.2) is 49.2 Å². The number of piperidine rings is 1. The summed E-state index contributed by atoms with van der Waals surface area (Å²) in [5.74, 6) is 0.00856. The number of nitrogens with zero attached hydrogens (tertiary/aromatic N) is 5. The summed E-state index contributed by atoms with van der Waals surface area (Å²) in [7, 11) is 0. The van der Waals surface area contributed by atoms with Crippen LogP contribution < -0.4 is 5.32 Å². The summed E-state index contributed by atoms with van der Waals surface area (Å²) in [5, 5.41) is 7.86. The molecule has 2 atom stereocenters. The van der Waals surface area contributed by atoms with Crippen LogP contribution in [0.15, 0.2) is 12.7 Å². The number of aryl methyl sites for hydroxylation is 2. The van der Waals surface area contributed by atoms with Crippen LogP contribution in [-0.2, 0) is 11.3 Å². The Hall–Kier alpha value is -1.80. The number of carbonyl (C=O) groups excluding carboxylic acids is 1. The Kier molecular flexibility index (Phi) is 5.25. The molecular weight excluding hydrogens is 324 g/mol. The first-order chi connectivity index (χ1) is 11.5. The van der Waals surface area contributed by atoms with Crippen LogP contribution in [0.4, 0.5) is 5.13 Å². The zero-order valence-electron chi connectivity index (χ0n) is 14.4. The van der Waals surface area contributed by atoms with Gasteiger partial charge in [0.05, 0.1) is 18.3 Å². The summed E-state index contributed by atoms with van der Waals surface area (Å²) in [6, 6.07) is 0.115. The van der Waals surface area contributed by atoms with Gasteiger partial charge in [0.15, 0.2) is 5.13 Å². The lowest BCUT2D eigenvalue weighted by Crippen LogP contribution is -2.51. The monoisotopic (exact) mass is 348 g/mol. The molecule has 0 aliphatic carbocycles. The molecule has 0 spiro atoms. The maximum atomic E-state index is 12.7. The van der Waals surface area contributed by atoms with Crippen molar-refractivity contribution in [1.29, 1.82) is 0 Å². The average molecular weight is 348 g/mol. The quantitative estimate of drug-likeness (QED) is 0.897. The molecule has 2 aromatic heterocycles. The second-order valence-electron chi connectivity index (χ2n) is 6.33. The van der Waals surface area contributed by atoms with Gasteiger partial charge in [0.2, 0.25) is 5.91 Å².